The number of thioether (sulfide) groups is 1. The highest BCUT2D eigenvalue weighted by atomic mass is 32.2. The molecule has 41 heavy (non-hydrogen) atoms. The molecular formula is C33H30F3N3OS. The zero-order chi connectivity index (χ0) is 29.5. The Labute approximate surface area is 242 Å². The van der Waals surface area contributed by atoms with Gasteiger partial charge in [0.15, 0.2) is 5.78 Å². The van der Waals surface area contributed by atoms with E-state index in [1.807, 2.05) is 32.0 Å². The van der Waals surface area contributed by atoms with Crippen molar-refractivity contribution in [1.29, 1.82) is 5.26 Å². The summed E-state index contributed by atoms with van der Waals surface area (Å²) in [5.74, 6) is -0.0331. The fourth-order valence-corrected chi connectivity index (χ4v) is 6.88. The third-order valence-electron chi connectivity index (χ3n) is 7.83. The molecule has 210 valence electrons. The summed E-state index contributed by atoms with van der Waals surface area (Å²) < 4.78 is 40.8. The second-order valence-corrected chi connectivity index (χ2v) is 11.6. The number of Topliss-reactive ketones (excluding diaryl/α,β-unsaturated/α-hetero) is 1. The average Bonchev–Trinajstić information content (AvgIpc) is 2.93. The summed E-state index contributed by atoms with van der Waals surface area (Å²) in [6, 6.07) is 19.4. The third-order valence-corrected chi connectivity index (χ3v) is 9.06. The predicted octanol–water partition coefficient (Wildman–Crippen LogP) is 8.23. The lowest BCUT2D eigenvalue weighted by molar-refractivity contribution is -0.137. The first kappa shape index (κ1) is 28.6. The molecule has 2 aliphatic rings. The number of hydrogen-bond acceptors (Lipinski definition) is 5. The minimum Gasteiger partial charge on any atom is -0.384 e. The van der Waals surface area contributed by atoms with Crippen LogP contribution >= 0.6 is 11.8 Å². The molecule has 0 fully saturated rings. The Morgan fingerprint density at radius 1 is 1.05 bits per heavy atom. The van der Waals surface area contributed by atoms with Crippen LogP contribution in [0.15, 0.2) is 88.2 Å². The molecule has 1 unspecified atom stereocenters. The molecule has 1 atom stereocenters. The van der Waals surface area contributed by atoms with Crippen LogP contribution in [0.25, 0.3) is 0 Å². The topological polar surface area (TPSA) is 70.1 Å². The van der Waals surface area contributed by atoms with Crippen LogP contribution in [0.3, 0.4) is 0 Å². The average molecular weight is 574 g/mol. The van der Waals surface area contributed by atoms with Crippen molar-refractivity contribution in [2.24, 2.45) is 5.73 Å². The number of benzene rings is 3. The number of aryl methyl sites for hydroxylation is 2. The van der Waals surface area contributed by atoms with Crippen LogP contribution in [0.4, 0.5) is 18.9 Å². The molecule has 0 amide bonds. The third kappa shape index (κ3) is 5.39. The zero-order valence-electron chi connectivity index (χ0n) is 23.1. The van der Waals surface area contributed by atoms with Gasteiger partial charge in [-0.05, 0) is 80.1 Å². The molecule has 5 rings (SSSR count). The molecule has 0 spiro atoms. The van der Waals surface area contributed by atoms with E-state index in [4.69, 9.17) is 5.73 Å². The van der Waals surface area contributed by atoms with Crippen LogP contribution in [0.2, 0.25) is 0 Å². The molecule has 0 saturated carbocycles. The number of nitrogens with zero attached hydrogens (tertiary/aromatic N) is 2. The molecule has 2 N–H and O–H groups in total. The van der Waals surface area contributed by atoms with Crippen molar-refractivity contribution in [1.82, 2.24) is 0 Å². The number of allylic oxidation sites excluding steroid dienone is 3. The molecule has 0 bridgehead atoms. The van der Waals surface area contributed by atoms with Gasteiger partial charge in [-0.1, -0.05) is 42.0 Å². The number of alkyl halides is 3. The molecule has 3 aromatic carbocycles. The Bertz CT molecular complexity index is 1650. The maximum atomic E-state index is 13.6. The summed E-state index contributed by atoms with van der Waals surface area (Å²) in [5, 5.41) is 10.4. The molecule has 8 heteroatoms. The second-order valence-electron chi connectivity index (χ2n) is 10.6. The number of carbonyl (C=O) groups excluding carboxylic acids is 1. The van der Waals surface area contributed by atoms with Gasteiger partial charge in [0.05, 0.1) is 23.1 Å². The Balaban J connectivity index is 1.65. The Morgan fingerprint density at radius 3 is 2.51 bits per heavy atom. The van der Waals surface area contributed by atoms with E-state index in [0.29, 0.717) is 36.3 Å². The SMILES string of the molecule is Cc1cc(CSc2ccccc2C)c(C)c(C2C(C#N)=C(N)N(c3cccc(C(F)(F)F)c3)C3=C2C(=O)CCC3)c1. The Hall–Kier alpha value is -3.96. The lowest BCUT2D eigenvalue weighted by atomic mass is 9.73. The molecule has 0 radical (unpaired) electrons. The number of nitrogens with two attached hydrogens (primary N) is 1. The van der Waals surface area contributed by atoms with Gasteiger partial charge >= 0.3 is 6.18 Å². The van der Waals surface area contributed by atoms with E-state index in [9.17, 15) is 23.2 Å². The van der Waals surface area contributed by atoms with Crippen LogP contribution in [-0.4, -0.2) is 5.78 Å². The number of hydrogen-bond donors (Lipinski definition) is 1. The summed E-state index contributed by atoms with van der Waals surface area (Å²) in [7, 11) is 0. The van der Waals surface area contributed by atoms with Gasteiger partial charge in [-0.25, -0.2) is 0 Å². The van der Waals surface area contributed by atoms with Crippen LogP contribution in [-0.2, 0) is 16.7 Å². The normalized spacial score (nSPS) is 17.5. The number of anilines is 1. The first-order valence-corrected chi connectivity index (χ1v) is 14.4. The van der Waals surface area contributed by atoms with E-state index in [1.54, 1.807) is 11.8 Å². The molecule has 1 heterocycles. The van der Waals surface area contributed by atoms with Crippen LogP contribution in [0.1, 0.15) is 58.6 Å². The van der Waals surface area contributed by atoms with Crippen LogP contribution in [0.5, 0.6) is 0 Å². The van der Waals surface area contributed by atoms with Crippen molar-refractivity contribution >= 4 is 23.2 Å². The summed E-state index contributed by atoms with van der Waals surface area (Å²) in [4.78, 5) is 16.2. The quantitative estimate of drug-likeness (QED) is 0.312. The molecule has 0 aromatic heterocycles. The van der Waals surface area contributed by atoms with Crippen molar-refractivity contribution in [3.63, 3.8) is 0 Å². The van der Waals surface area contributed by atoms with Gasteiger partial charge in [-0.3, -0.25) is 9.69 Å². The minimum atomic E-state index is -4.55. The van der Waals surface area contributed by atoms with Crippen molar-refractivity contribution in [3.05, 3.63) is 117 Å². The smallest absolute Gasteiger partial charge is 0.384 e. The number of rotatable bonds is 5. The lowest BCUT2D eigenvalue weighted by Crippen LogP contribution is -2.39. The monoisotopic (exact) mass is 573 g/mol. The summed E-state index contributed by atoms with van der Waals surface area (Å²) >= 11 is 1.73. The fraction of sp³-hybridized carbons (Fsp3) is 0.273. The summed E-state index contributed by atoms with van der Waals surface area (Å²) in [6.07, 6.45) is -3.21. The van der Waals surface area contributed by atoms with Crippen molar-refractivity contribution in [2.45, 2.75) is 62.8 Å². The number of ketones is 1. The molecule has 0 saturated heterocycles. The van der Waals surface area contributed by atoms with Gasteiger partial charge in [0.2, 0.25) is 0 Å². The standard InChI is InChI=1S/C33H30F3N3OS/c1-19-14-22(18-41-29-13-5-4-8-20(29)2)21(3)25(15-19)30-26(17-37)32(38)39(27-11-7-12-28(40)31(27)30)24-10-6-9-23(16-24)33(34,35)36/h4-6,8-10,13-16,30H,7,11-12,18,38H2,1-3H3. The minimum absolute atomic E-state index is 0.0574. The van der Waals surface area contributed by atoms with Crippen molar-refractivity contribution < 1.29 is 18.0 Å². The second kappa shape index (κ2) is 11.1. The lowest BCUT2D eigenvalue weighted by Gasteiger charge is -2.40. The van der Waals surface area contributed by atoms with Crippen LogP contribution in [0, 0.1) is 32.1 Å². The van der Waals surface area contributed by atoms with Gasteiger partial charge in [0.25, 0.3) is 0 Å². The van der Waals surface area contributed by atoms with E-state index in [0.717, 1.165) is 34.4 Å². The van der Waals surface area contributed by atoms with Gasteiger partial charge in [-0.15, -0.1) is 11.8 Å². The number of nitriles is 1. The maximum absolute atomic E-state index is 13.6. The molecule has 3 aromatic rings. The van der Waals surface area contributed by atoms with E-state index in [-0.39, 0.29) is 22.9 Å². The van der Waals surface area contributed by atoms with Crippen LogP contribution < -0.4 is 10.6 Å². The summed E-state index contributed by atoms with van der Waals surface area (Å²) in [5.41, 5.74) is 12.3. The molecule has 1 aliphatic heterocycles. The van der Waals surface area contributed by atoms with Gasteiger partial charge in [0.1, 0.15) is 5.82 Å². The maximum Gasteiger partial charge on any atom is 0.416 e. The first-order valence-electron chi connectivity index (χ1n) is 13.4. The van der Waals surface area contributed by atoms with Gasteiger partial charge in [-0.2, -0.15) is 18.4 Å². The van der Waals surface area contributed by atoms with E-state index < -0.39 is 17.7 Å². The molecule has 4 nitrogen and oxygen atoms in total. The van der Waals surface area contributed by atoms with Crippen molar-refractivity contribution in [2.75, 3.05) is 4.90 Å². The highest BCUT2D eigenvalue weighted by Gasteiger charge is 2.41. The highest BCUT2D eigenvalue weighted by Crippen LogP contribution is 2.48. The van der Waals surface area contributed by atoms with E-state index >= 15 is 0 Å². The number of carbonyl (C=O) groups is 1. The van der Waals surface area contributed by atoms with Gasteiger partial charge < -0.3 is 5.73 Å². The fourth-order valence-electron chi connectivity index (χ4n) is 5.80. The van der Waals surface area contributed by atoms with Crippen molar-refractivity contribution in [3.8, 4) is 6.07 Å². The zero-order valence-corrected chi connectivity index (χ0v) is 23.9. The first-order chi connectivity index (χ1) is 19.5. The summed E-state index contributed by atoms with van der Waals surface area (Å²) in [6.45, 7) is 6.06. The Kier molecular flexibility index (Phi) is 7.76. The predicted molar refractivity (Wildman–Crippen MR) is 156 cm³/mol. The Morgan fingerprint density at radius 2 is 1.80 bits per heavy atom. The number of halogens is 3. The van der Waals surface area contributed by atoms with E-state index in [1.165, 1.54) is 27.5 Å². The molecular weight excluding hydrogens is 543 g/mol. The molecule has 1 aliphatic carbocycles. The van der Waals surface area contributed by atoms with E-state index in [2.05, 4.69) is 31.2 Å². The largest absolute Gasteiger partial charge is 0.416 e. The van der Waals surface area contributed by atoms with Gasteiger partial charge in [0, 0.05) is 34.0 Å². The highest BCUT2D eigenvalue weighted by molar-refractivity contribution is 7.98.